The maximum Gasteiger partial charge on any atom is 0.331 e. The first kappa shape index (κ1) is 18.0. The van der Waals surface area contributed by atoms with Gasteiger partial charge in [-0.25, -0.2) is 10.9 Å². The number of hydrogen-bond donors (Lipinski definition) is 2. The summed E-state index contributed by atoms with van der Waals surface area (Å²) in [6, 6.07) is 7.83. The Hall–Kier alpha value is -2.32. The van der Waals surface area contributed by atoms with Gasteiger partial charge in [-0.1, -0.05) is 13.8 Å². The SMILES string of the molecule is CCc1ccc(C=NNC(=O)C(=O)NN=Cc2ccc(CC)s2)s1. The number of thiophene rings is 2. The first-order valence-electron chi connectivity index (χ1n) is 7.46. The highest BCUT2D eigenvalue weighted by Crippen LogP contribution is 2.15. The summed E-state index contributed by atoms with van der Waals surface area (Å²) in [7, 11) is 0. The maximum absolute atomic E-state index is 11.6. The standard InChI is InChI=1S/C16H18N4O2S2/c1-3-11-5-7-13(23-11)9-17-19-15(21)16(22)20-18-10-14-8-6-12(4-2)24-14/h5-10H,3-4H2,1-2H3,(H,19,21)(H,20,22). The summed E-state index contributed by atoms with van der Waals surface area (Å²) < 4.78 is 0. The van der Waals surface area contributed by atoms with Crippen molar-refractivity contribution in [1.29, 1.82) is 0 Å². The fraction of sp³-hybridized carbons (Fsp3) is 0.250. The lowest BCUT2D eigenvalue weighted by molar-refractivity contribution is -0.139. The van der Waals surface area contributed by atoms with Crippen LogP contribution in [-0.4, -0.2) is 24.2 Å². The number of rotatable bonds is 6. The van der Waals surface area contributed by atoms with Crippen molar-refractivity contribution >= 4 is 46.9 Å². The Bertz CT molecular complexity index is 697. The number of amides is 2. The van der Waals surface area contributed by atoms with Crippen molar-refractivity contribution in [2.45, 2.75) is 26.7 Å². The second kappa shape index (κ2) is 9.09. The van der Waals surface area contributed by atoms with Gasteiger partial charge in [-0.05, 0) is 37.1 Å². The topological polar surface area (TPSA) is 82.9 Å². The highest BCUT2D eigenvalue weighted by molar-refractivity contribution is 7.14. The van der Waals surface area contributed by atoms with Crippen molar-refractivity contribution in [2.75, 3.05) is 0 Å². The lowest BCUT2D eigenvalue weighted by Crippen LogP contribution is -2.35. The zero-order valence-electron chi connectivity index (χ0n) is 13.4. The molecule has 0 unspecified atom stereocenters. The van der Waals surface area contributed by atoms with E-state index in [2.05, 4.69) is 34.9 Å². The molecule has 24 heavy (non-hydrogen) atoms. The Labute approximate surface area is 148 Å². The minimum absolute atomic E-state index is 0.865. The minimum atomic E-state index is -0.865. The first-order valence-corrected chi connectivity index (χ1v) is 9.09. The molecule has 0 atom stereocenters. The third kappa shape index (κ3) is 5.39. The van der Waals surface area contributed by atoms with E-state index in [1.54, 1.807) is 22.7 Å². The second-order valence-corrected chi connectivity index (χ2v) is 7.11. The van der Waals surface area contributed by atoms with E-state index in [4.69, 9.17) is 0 Å². The molecule has 0 aliphatic heterocycles. The lowest BCUT2D eigenvalue weighted by atomic mass is 10.4. The third-order valence-electron chi connectivity index (χ3n) is 2.98. The molecule has 0 aromatic carbocycles. The molecule has 2 aromatic rings. The number of carbonyl (C=O) groups is 2. The summed E-state index contributed by atoms with van der Waals surface area (Å²) in [5.74, 6) is -1.73. The van der Waals surface area contributed by atoms with Crippen molar-refractivity contribution in [3.05, 3.63) is 43.8 Å². The molecule has 0 saturated heterocycles. The van der Waals surface area contributed by atoms with Crippen LogP contribution in [-0.2, 0) is 22.4 Å². The van der Waals surface area contributed by atoms with Crippen molar-refractivity contribution in [3.8, 4) is 0 Å². The molecule has 0 spiro atoms. The lowest BCUT2D eigenvalue weighted by Gasteiger charge is -1.97. The third-order valence-corrected chi connectivity index (χ3v) is 5.31. The molecule has 0 aliphatic carbocycles. The quantitative estimate of drug-likeness (QED) is 0.470. The van der Waals surface area contributed by atoms with Gasteiger partial charge in [0.2, 0.25) is 0 Å². The van der Waals surface area contributed by atoms with Crippen LogP contribution in [0.3, 0.4) is 0 Å². The summed E-state index contributed by atoms with van der Waals surface area (Å²) >= 11 is 3.17. The molecule has 0 fully saturated rings. The van der Waals surface area contributed by atoms with E-state index in [0.29, 0.717) is 0 Å². The number of carbonyl (C=O) groups excluding carboxylic acids is 2. The normalized spacial score (nSPS) is 11.2. The van der Waals surface area contributed by atoms with Gasteiger partial charge in [-0.15, -0.1) is 22.7 Å². The number of hydrogen-bond acceptors (Lipinski definition) is 6. The van der Waals surface area contributed by atoms with Crippen molar-refractivity contribution < 1.29 is 9.59 Å². The summed E-state index contributed by atoms with van der Waals surface area (Å²) in [4.78, 5) is 27.5. The Morgan fingerprint density at radius 2 is 1.29 bits per heavy atom. The summed E-state index contributed by atoms with van der Waals surface area (Å²) in [6.45, 7) is 4.14. The van der Waals surface area contributed by atoms with Crippen molar-refractivity contribution in [3.63, 3.8) is 0 Å². The van der Waals surface area contributed by atoms with E-state index < -0.39 is 11.8 Å². The van der Waals surface area contributed by atoms with Crippen molar-refractivity contribution in [1.82, 2.24) is 10.9 Å². The van der Waals surface area contributed by atoms with Crippen LogP contribution in [0, 0.1) is 0 Å². The van der Waals surface area contributed by atoms with Crippen LogP contribution < -0.4 is 10.9 Å². The van der Waals surface area contributed by atoms with Crippen LogP contribution >= 0.6 is 22.7 Å². The molecule has 2 heterocycles. The van der Waals surface area contributed by atoms with Crippen molar-refractivity contribution in [2.24, 2.45) is 10.2 Å². The summed E-state index contributed by atoms with van der Waals surface area (Å²) in [6.07, 6.45) is 4.93. The zero-order valence-corrected chi connectivity index (χ0v) is 15.0. The monoisotopic (exact) mass is 362 g/mol. The fourth-order valence-corrected chi connectivity index (χ4v) is 3.37. The average Bonchev–Trinajstić information content (AvgIpc) is 3.23. The van der Waals surface area contributed by atoms with Gasteiger partial charge in [0, 0.05) is 19.5 Å². The van der Waals surface area contributed by atoms with Gasteiger partial charge in [-0.2, -0.15) is 10.2 Å². The average molecular weight is 362 g/mol. The van der Waals surface area contributed by atoms with Crippen LogP contribution in [0.25, 0.3) is 0 Å². The first-order chi connectivity index (χ1) is 11.6. The largest absolute Gasteiger partial charge is 0.331 e. The van der Waals surface area contributed by atoms with E-state index >= 15 is 0 Å². The zero-order chi connectivity index (χ0) is 17.4. The number of nitrogens with zero attached hydrogens (tertiary/aromatic N) is 2. The summed E-state index contributed by atoms with van der Waals surface area (Å²) in [5, 5.41) is 7.53. The molecular weight excluding hydrogens is 344 g/mol. The Balaban J connectivity index is 1.78. The minimum Gasteiger partial charge on any atom is -0.262 e. The van der Waals surface area contributed by atoms with Gasteiger partial charge < -0.3 is 0 Å². The van der Waals surface area contributed by atoms with Crippen LogP contribution in [0.1, 0.15) is 33.4 Å². The van der Waals surface area contributed by atoms with E-state index in [0.717, 1.165) is 22.6 Å². The Kier molecular flexibility index (Phi) is 6.83. The highest BCUT2D eigenvalue weighted by Gasteiger charge is 2.11. The Morgan fingerprint density at radius 1 is 0.875 bits per heavy atom. The van der Waals surface area contributed by atoms with E-state index in [1.165, 1.54) is 22.2 Å². The van der Waals surface area contributed by atoms with Gasteiger partial charge in [0.05, 0.1) is 12.4 Å². The second-order valence-electron chi connectivity index (χ2n) is 4.71. The molecule has 0 radical (unpaired) electrons. The molecule has 0 aliphatic rings. The molecule has 2 N–H and O–H groups in total. The van der Waals surface area contributed by atoms with Gasteiger partial charge in [0.25, 0.3) is 0 Å². The van der Waals surface area contributed by atoms with E-state index in [1.807, 2.05) is 24.3 Å². The summed E-state index contributed by atoms with van der Waals surface area (Å²) in [5.41, 5.74) is 4.35. The van der Waals surface area contributed by atoms with Gasteiger partial charge in [0.1, 0.15) is 0 Å². The molecule has 2 aromatic heterocycles. The van der Waals surface area contributed by atoms with Crippen LogP contribution in [0.4, 0.5) is 0 Å². The van der Waals surface area contributed by atoms with E-state index in [-0.39, 0.29) is 0 Å². The molecular formula is C16H18N4O2S2. The smallest absolute Gasteiger partial charge is 0.262 e. The maximum atomic E-state index is 11.6. The van der Waals surface area contributed by atoms with Gasteiger partial charge in [-0.3, -0.25) is 9.59 Å². The van der Waals surface area contributed by atoms with Crippen LogP contribution in [0.15, 0.2) is 34.5 Å². The number of hydrazone groups is 2. The molecule has 2 rings (SSSR count). The van der Waals surface area contributed by atoms with Gasteiger partial charge >= 0.3 is 11.8 Å². The van der Waals surface area contributed by atoms with Crippen LogP contribution in [0.2, 0.25) is 0 Å². The molecule has 0 bridgehead atoms. The molecule has 0 saturated carbocycles. The molecule has 8 heteroatoms. The van der Waals surface area contributed by atoms with Gasteiger partial charge in [0.15, 0.2) is 0 Å². The molecule has 2 amide bonds. The highest BCUT2D eigenvalue weighted by atomic mass is 32.1. The van der Waals surface area contributed by atoms with Crippen LogP contribution in [0.5, 0.6) is 0 Å². The molecule has 6 nitrogen and oxygen atoms in total. The molecule has 126 valence electrons. The number of nitrogens with one attached hydrogen (secondary N) is 2. The van der Waals surface area contributed by atoms with E-state index in [9.17, 15) is 9.59 Å². The fourth-order valence-electron chi connectivity index (χ4n) is 1.72. The predicted molar refractivity (Wildman–Crippen MR) is 98.9 cm³/mol. The Morgan fingerprint density at radius 3 is 1.62 bits per heavy atom. The number of aryl methyl sites for hydroxylation is 2. The predicted octanol–water partition coefficient (Wildman–Crippen LogP) is 2.53.